The van der Waals surface area contributed by atoms with Gasteiger partial charge in [0.2, 0.25) is 0 Å². The molecular weight excluding hydrogens is 556 g/mol. The topological polar surface area (TPSA) is 24.7 Å². The van der Waals surface area contributed by atoms with Crippen molar-refractivity contribution in [2.75, 3.05) is 0 Å². The molecule has 2 aromatic carbocycles. The van der Waals surface area contributed by atoms with Crippen LogP contribution in [-0.4, -0.2) is 11.9 Å². The van der Waals surface area contributed by atoms with E-state index in [1.807, 2.05) is 6.21 Å². The quantitative estimate of drug-likeness (QED) is 0.0633. The molecule has 0 heterocycles. The molecule has 0 aliphatic carbocycles. The summed E-state index contributed by atoms with van der Waals surface area (Å²) in [5.74, 6) is 13.5. The maximum atomic E-state index is 5.06. The van der Waals surface area contributed by atoms with E-state index in [1.165, 1.54) is 122 Å². The Hall–Kier alpha value is -3.10. The molecule has 0 amide bonds. The van der Waals surface area contributed by atoms with E-state index in [9.17, 15) is 0 Å². The first-order valence-corrected chi connectivity index (χ1v) is 19.0. The molecule has 0 saturated heterocycles. The largest absolute Gasteiger partial charge is 0.255 e. The monoisotopic (exact) mass is 621 g/mol. The molecule has 0 N–H and O–H groups in total. The highest BCUT2D eigenvalue weighted by Crippen LogP contribution is 2.18. The van der Waals surface area contributed by atoms with E-state index in [-0.39, 0.29) is 0 Å². The zero-order valence-electron chi connectivity index (χ0n) is 29.9. The lowest BCUT2D eigenvalue weighted by Gasteiger charge is -2.04. The number of benzene rings is 2. The Morgan fingerprint density at radius 3 is 1.48 bits per heavy atom. The number of nitrogens with zero attached hydrogens (tertiary/aromatic N) is 2. The van der Waals surface area contributed by atoms with Crippen LogP contribution in [0.3, 0.4) is 0 Å². The zero-order chi connectivity index (χ0) is 32.8. The van der Waals surface area contributed by atoms with Crippen LogP contribution in [0.15, 0.2) is 58.5 Å². The van der Waals surface area contributed by atoms with Gasteiger partial charge in [0, 0.05) is 30.2 Å². The standard InChI is InChI=1S/C44H64N2/c1-4-7-10-13-16-18-20-22-25-30-40-32-28-35-42(37-40)45-39-44(34-27-24-15-12-9-6-3)46-43-36-29-33-41(38-43)31-26-23-21-19-17-14-11-8-5-2/h28-29,32-33,35-39H,4-24,27,34H2,1-3H3. The van der Waals surface area contributed by atoms with E-state index in [0.717, 1.165) is 53.9 Å². The summed E-state index contributed by atoms with van der Waals surface area (Å²) in [6.45, 7) is 6.81. The first kappa shape index (κ1) is 39.1. The summed E-state index contributed by atoms with van der Waals surface area (Å²) < 4.78 is 0. The molecule has 0 unspecified atom stereocenters. The SMILES string of the molecule is CCCCCCCCCC#Cc1cccc(N=CC(CCCCCCCC)=Nc2cccc(C#CCCCCCCCCC)c2)c1. The normalized spacial score (nSPS) is 11.3. The minimum absolute atomic E-state index is 0.932. The van der Waals surface area contributed by atoms with Gasteiger partial charge >= 0.3 is 0 Å². The highest BCUT2D eigenvalue weighted by Gasteiger charge is 2.01. The van der Waals surface area contributed by atoms with Crippen LogP contribution in [0.5, 0.6) is 0 Å². The minimum Gasteiger partial charge on any atom is -0.255 e. The third-order valence-corrected chi connectivity index (χ3v) is 8.39. The lowest BCUT2D eigenvalue weighted by molar-refractivity contribution is 0.594. The average molecular weight is 621 g/mol. The molecule has 2 aromatic rings. The van der Waals surface area contributed by atoms with Crippen molar-refractivity contribution >= 4 is 23.3 Å². The molecule has 2 heteroatoms. The van der Waals surface area contributed by atoms with Gasteiger partial charge in [0.15, 0.2) is 0 Å². The van der Waals surface area contributed by atoms with Gasteiger partial charge in [-0.3, -0.25) is 9.98 Å². The van der Waals surface area contributed by atoms with Gasteiger partial charge in [0.1, 0.15) is 0 Å². The molecule has 0 aromatic heterocycles. The lowest BCUT2D eigenvalue weighted by Crippen LogP contribution is -2.00. The minimum atomic E-state index is 0.932. The maximum absolute atomic E-state index is 5.06. The van der Waals surface area contributed by atoms with Gasteiger partial charge in [-0.25, -0.2) is 0 Å². The predicted octanol–water partition coefficient (Wildman–Crippen LogP) is 13.9. The summed E-state index contributed by atoms with van der Waals surface area (Å²) in [5, 5.41) is 0. The van der Waals surface area contributed by atoms with Gasteiger partial charge in [-0.15, -0.1) is 0 Å². The molecule has 0 saturated carbocycles. The Morgan fingerprint density at radius 1 is 0.522 bits per heavy atom. The summed E-state index contributed by atoms with van der Waals surface area (Å²) >= 11 is 0. The molecule has 0 aliphatic heterocycles. The summed E-state index contributed by atoms with van der Waals surface area (Å²) in [7, 11) is 0. The Bertz CT molecular complexity index is 1230. The Labute approximate surface area is 284 Å². The maximum Gasteiger partial charge on any atom is 0.0646 e. The Balaban J connectivity index is 1.99. The van der Waals surface area contributed by atoms with Crippen LogP contribution in [0.4, 0.5) is 11.4 Å². The molecule has 46 heavy (non-hydrogen) atoms. The first-order valence-electron chi connectivity index (χ1n) is 19.0. The van der Waals surface area contributed by atoms with Crippen LogP contribution in [0.2, 0.25) is 0 Å². The third-order valence-electron chi connectivity index (χ3n) is 8.39. The van der Waals surface area contributed by atoms with Crippen LogP contribution in [-0.2, 0) is 0 Å². The first-order chi connectivity index (χ1) is 22.7. The van der Waals surface area contributed by atoms with E-state index < -0.39 is 0 Å². The van der Waals surface area contributed by atoms with Crippen molar-refractivity contribution < 1.29 is 0 Å². The summed E-state index contributed by atoms with van der Waals surface area (Å²) in [6, 6.07) is 16.7. The summed E-state index contributed by atoms with van der Waals surface area (Å²) in [4.78, 5) is 9.91. The van der Waals surface area contributed by atoms with Crippen LogP contribution < -0.4 is 0 Å². The van der Waals surface area contributed by atoms with E-state index >= 15 is 0 Å². The fourth-order valence-corrected chi connectivity index (χ4v) is 5.54. The number of hydrogen-bond acceptors (Lipinski definition) is 2. The van der Waals surface area contributed by atoms with Crippen molar-refractivity contribution in [1.29, 1.82) is 0 Å². The second kappa shape index (κ2) is 28.1. The molecule has 0 aliphatic rings. The number of rotatable bonds is 24. The highest BCUT2D eigenvalue weighted by molar-refractivity contribution is 6.31. The van der Waals surface area contributed by atoms with Crippen molar-refractivity contribution in [2.24, 2.45) is 9.98 Å². The van der Waals surface area contributed by atoms with Crippen molar-refractivity contribution in [3.8, 4) is 23.7 Å². The average Bonchev–Trinajstić information content (AvgIpc) is 3.07. The van der Waals surface area contributed by atoms with Crippen molar-refractivity contribution in [2.45, 2.75) is 168 Å². The molecule has 250 valence electrons. The van der Waals surface area contributed by atoms with Gasteiger partial charge < -0.3 is 0 Å². The zero-order valence-corrected chi connectivity index (χ0v) is 29.9. The highest BCUT2D eigenvalue weighted by atomic mass is 14.8. The van der Waals surface area contributed by atoms with E-state index in [0.29, 0.717) is 0 Å². The second-order valence-electron chi connectivity index (χ2n) is 12.8. The van der Waals surface area contributed by atoms with Crippen LogP contribution >= 0.6 is 0 Å². The fourth-order valence-electron chi connectivity index (χ4n) is 5.54. The number of unbranched alkanes of at least 4 members (excludes halogenated alkanes) is 19. The van der Waals surface area contributed by atoms with E-state index in [1.54, 1.807) is 0 Å². The third kappa shape index (κ3) is 20.8. The van der Waals surface area contributed by atoms with E-state index in [4.69, 9.17) is 9.98 Å². The summed E-state index contributed by atoms with van der Waals surface area (Å²) in [5.41, 5.74) is 5.00. The van der Waals surface area contributed by atoms with Gasteiger partial charge in [0.05, 0.1) is 17.1 Å². The Kier molecular flexibility index (Phi) is 23.9. The van der Waals surface area contributed by atoms with Gasteiger partial charge in [-0.2, -0.15) is 0 Å². The van der Waals surface area contributed by atoms with Gasteiger partial charge in [-0.05, 0) is 62.1 Å². The Morgan fingerprint density at radius 2 is 0.957 bits per heavy atom. The van der Waals surface area contributed by atoms with Crippen molar-refractivity contribution in [1.82, 2.24) is 0 Å². The molecule has 2 nitrogen and oxygen atoms in total. The number of hydrogen-bond donors (Lipinski definition) is 0. The molecule has 0 bridgehead atoms. The van der Waals surface area contributed by atoms with Crippen molar-refractivity contribution in [3.63, 3.8) is 0 Å². The van der Waals surface area contributed by atoms with Crippen LogP contribution in [0.25, 0.3) is 0 Å². The molecule has 0 radical (unpaired) electrons. The summed E-state index contributed by atoms with van der Waals surface area (Å²) in [6.07, 6.45) is 30.9. The number of aliphatic imine (C=N–C) groups is 2. The second-order valence-corrected chi connectivity index (χ2v) is 12.8. The molecule has 0 fully saturated rings. The lowest BCUT2D eigenvalue weighted by atomic mass is 10.1. The molecule has 0 spiro atoms. The van der Waals surface area contributed by atoms with Gasteiger partial charge in [-0.1, -0.05) is 166 Å². The van der Waals surface area contributed by atoms with Crippen LogP contribution in [0.1, 0.15) is 180 Å². The predicted molar refractivity (Wildman–Crippen MR) is 205 cm³/mol. The molecular formula is C44H64N2. The van der Waals surface area contributed by atoms with Gasteiger partial charge in [0.25, 0.3) is 0 Å². The molecule has 2 rings (SSSR count). The van der Waals surface area contributed by atoms with Crippen molar-refractivity contribution in [3.05, 3.63) is 59.7 Å². The van der Waals surface area contributed by atoms with E-state index in [2.05, 4.69) is 93.0 Å². The van der Waals surface area contributed by atoms with Crippen LogP contribution in [0, 0.1) is 23.7 Å². The fraction of sp³-hybridized carbons (Fsp3) is 0.591. The molecule has 0 atom stereocenters. The smallest absolute Gasteiger partial charge is 0.0646 e.